The molecule has 1 unspecified atom stereocenters. The lowest BCUT2D eigenvalue weighted by Crippen LogP contribution is -2.74. The highest BCUT2D eigenvalue weighted by molar-refractivity contribution is 5.02. The third kappa shape index (κ3) is 3.27. The quantitative estimate of drug-likeness (QED) is 0.325. The minimum atomic E-state index is -1.88. The van der Waals surface area contributed by atoms with Crippen LogP contribution in [-0.2, 0) is 0 Å². The Hall–Kier alpha value is -0.960. The van der Waals surface area contributed by atoms with Crippen LogP contribution < -0.4 is 22.9 Å². The summed E-state index contributed by atoms with van der Waals surface area (Å²) in [7, 11) is 0. The molecule has 8 heteroatoms. The van der Waals surface area contributed by atoms with Crippen LogP contribution in [0.25, 0.3) is 0 Å². The van der Waals surface area contributed by atoms with Gasteiger partial charge in [0.05, 0.1) is 0 Å². The third-order valence-electron chi connectivity index (χ3n) is 2.25. The largest absolute Gasteiger partial charge is 0.320 e. The highest BCUT2D eigenvalue weighted by atomic mass is 16.3. The molecule has 0 saturated heterocycles. The summed E-state index contributed by atoms with van der Waals surface area (Å²) in [5, 5.41) is 5.30. The summed E-state index contributed by atoms with van der Waals surface area (Å²) in [6.07, 6.45) is 1.40. The maximum atomic E-state index is 10.7. The van der Waals surface area contributed by atoms with E-state index >= 15 is 0 Å². The van der Waals surface area contributed by atoms with Gasteiger partial charge in [-0.15, -0.1) is 9.81 Å². The highest BCUT2D eigenvalue weighted by Crippen LogP contribution is 2.26. The normalized spacial score (nSPS) is 14.7. The molecule has 0 aliphatic rings. The van der Waals surface area contributed by atoms with Crippen molar-refractivity contribution in [2.75, 3.05) is 0 Å². The zero-order chi connectivity index (χ0) is 12.1. The molecule has 0 aliphatic heterocycles. The Labute approximate surface area is 87.7 Å². The van der Waals surface area contributed by atoms with Crippen molar-refractivity contribution in [3.63, 3.8) is 0 Å². The van der Waals surface area contributed by atoms with Crippen molar-refractivity contribution in [3.8, 4) is 0 Å². The molecular weight excluding hydrogens is 200 g/mol. The standard InChI is InChI=1S/C7H18N6O2/c1-2-3-4-6(12-14,13-15)5(8)7(9,10)11/h5H,2-4,8-11H2,1H3. The smallest absolute Gasteiger partial charge is 0.251 e. The Balaban J connectivity index is 4.91. The zero-order valence-electron chi connectivity index (χ0n) is 8.72. The number of hydrogen-bond acceptors (Lipinski definition) is 8. The van der Waals surface area contributed by atoms with E-state index < -0.39 is 17.5 Å². The molecule has 0 heterocycles. The second-order valence-electron chi connectivity index (χ2n) is 3.64. The highest BCUT2D eigenvalue weighted by Gasteiger charge is 2.47. The van der Waals surface area contributed by atoms with Crippen LogP contribution in [0.5, 0.6) is 0 Å². The lowest BCUT2D eigenvalue weighted by Gasteiger charge is -2.34. The Morgan fingerprint density at radius 3 is 1.93 bits per heavy atom. The number of hydrogen-bond donors (Lipinski definition) is 4. The van der Waals surface area contributed by atoms with Gasteiger partial charge in [-0.05, 0) is 16.8 Å². The lowest BCUT2D eigenvalue weighted by atomic mass is 9.92. The van der Waals surface area contributed by atoms with Crippen molar-refractivity contribution in [1.29, 1.82) is 0 Å². The van der Waals surface area contributed by atoms with Crippen LogP contribution in [0.3, 0.4) is 0 Å². The van der Waals surface area contributed by atoms with E-state index in [2.05, 4.69) is 10.4 Å². The summed E-state index contributed by atoms with van der Waals surface area (Å²) in [6, 6.07) is -1.31. The predicted molar refractivity (Wildman–Crippen MR) is 57.1 cm³/mol. The van der Waals surface area contributed by atoms with Crippen LogP contribution in [0.2, 0.25) is 0 Å². The van der Waals surface area contributed by atoms with Crippen LogP contribution in [0.4, 0.5) is 0 Å². The maximum absolute atomic E-state index is 10.7. The minimum absolute atomic E-state index is 0.0883. The predicted octanol–water partition coefficient (Wildman–Crippen LogP) is -0.737. The summed E-state index contributed by atoms with van der Waals surface area (Å²) in [5.74, 6) is -1.87. The Morgan fingerprint density at radius 1 is 1.20 bits per heavy atom. The average Bonchev–Trinajstić information content (AvgIpc) is 2.18. The Bertz CT molecular complexity index is 218. The second kappa shape index (κ2) is 5.21. The van der Waals surface area contributed by atoms with Crippen molar-refractivity contribution >= 4 is 0 Å². The van der Waals surface area contributed by atoms with Crippen molar-refractivity contribution in [3.05, 3.63) is 9.81 Å². The van der Waals surface area contributed by atoms with Gasteiger partial charge in [-0.2, -0.15) is 0 Å². The van der Waals surface area contributed by atoms with E-state index in [-0.39, 0.29) is 6.42 Å². The monoisotopic (exact) mass is 218 g/mol. The molecule has 0 amide bonds. The van der Waals surface area contributed by atoms with Crippen LogP contribution in [0, 0.1) is 9.81 Å². The first-order chi connectivity index (χ1) is 6.84. The van der Waals surface area contributed by atoms with Gasteiger partial charge < -0.3 is 5.73 Å². The molecule has 0 aromatic carbocycles. The number of nitroso groups, excluding NO2 is 2. The minimum Gasteiger partial charge on any atom is -0.320 e. The molecular formula is C7H18N6O2. The van der Waals surface area contributed by atoms with Gasteiger partial charge in [-0.3, -0.25) is 17.2 Å². The maximum Gasteiger partial charge on any atom is 0.251 e. The van der Waals surface area contributed by atoms with E-state index in [0.29, 0.717) is 6.42 Å². The summed E-state index contributed by atoms with van der Waals surface area (Å²) in [5.41, 5.74) is 19.6. The molecule has 88 valence electrons. The van der Waals surface area contributed by atoms with Crippen LogP contribution in [-0.4, -0.2) is 17.5 Å². The van der Waals surface area contributed by atoms with Crippen LogP contribution in [0.1, 0.15) is 26.2 Å². The Kier molecular flexibility index (Phi) is 4.88. The molecule has 1 atom stereocenters. The molecule has 15 heavy (non-hydrogen) atoms. The number of nitrogens with zero attached hydrogens (tertiary/aromatic N) is 2. The number of rotatable bonds is 7. The summed E-state index contributed by atoms with van der Waals surface area (Å²) in [6.45, 7) is 1.88. The number of nitrogens with two attached hydrogens (primary N) is 4. The van der Waals surface area contributed by atoms with Gasteiger partial charge in [-0.1, -0.05) is 13.3 Å². The first-order valence-corrected chi connectivity index (χ1v) is 4.65. The van der Waals surface area contributed by atoms with Gasteiger partial charge >= 0.3 is 0 Å². The fourth-order valence-corrected chi connectivity index (χ4v) is 1.21. The first kappa shape index (κ1) is 14.0. The van der Waals surface area contributed by atoms with E-state index in [0.717, 1.165) is 6.42 Å². The molecule has 0 saturated carbocycles. The molecule has 8 nitrogen and oxygen atoms in total. The molecule has 0 aromatic rings. The second-order valence-corrected chi connectivity index (χ2v) is 3.64. The molecule has 8 N–H and O–H groups in total. The van der Waals surface area contributed by atoms with Crippen LogP contribution >= 0.6 is 0 Å². The number of unbranched alkanes of at least 4 members (excludes halogenated alkanes) is 1. The summed E-state index contributed by atoms with van der Waals surface area (Å²) >= 11 is 0. The van der Waals surface area contributed by atoms with E-state index in [9.17, 15) is 9.81 Å². The average molecular weight is 218 g/mol. The summed E-state index contributed by atoms with van der Waals surface area (Å²) in [4.78, 5) is 21.3. The molecule has 0 rings (SSSR count). The third-order valence-corrected chi connectivity index (χ3v) is 2.25. The molecule has 0 radical (unpaired) electrons. The zero-order valence-corrected chi connectivity index (χ0v) is 8.72. The summed E-state index contributed by atoms with van der Waals surface area (Å²) < 4.78 is 0. The van der Waals surface area contributed by atoms with Gasteiger partial charge in [0.1, 0.15) is 11.8 Å². The van der Waals surface area contributed by atoms with E-state index in [1.807, 2.05) is 6.92 Å². The Morgan fingerprint density at radius 2 is 1.67 bits per heavy atom. The van der Waals surface area contributed by atoms with Gasteiger partial charge in [0.25, 0.3) is 5.66 Å². The van der Waals surface area contributed by atoms with Crippen molar-refractivity contribution in [2.45, 2.75) is 43.7 Å². The topological polar surface area (TPSA) is 163 Å². The van der Waals surface area contributed by atoms with Gasteiger partial charge in [-0.25, -0.2) is 0 Å². The lowest BCUT2D eigenvalue weighted by molar-refractivity contribution is 0.223. The van der Waals surface area contributed by atoms with Crippen LogP contribution in [0.15, 0.2) is 10.4 Å². The molecule has 0 spiro atoms. The van der Waals surface area contributed by atoms with E-state index in [1.165, 1.54) is 0 Å². The molecule has 0 fully saturated rings. The van der Waals surface area contributed by atoms with Crippen molar-refractivity contribution in [1.82, 2.24) is 0 Å². The molecule has 0 bridgehead atoms. The van der Waals surface area contributed by atoms with Crippen molar-refractivity contribution < 1.29 is 0 Å². The molecule has 0 aromatic heterocycles. The first-order valence-electron chi connectivity index (χ1n) is 4.65. The van der Waals surface area contributed by atoms with Crippen molar-refractivity contribution in [2.24, 2.45) is 33.3 Å². The van der Waals surface area contributed by atoms with E-state index in [4.69, 9.17) is 22.9 Å². The molecule has 0 aliphatic carbocycles. The van der Waals surface area contributed by atoms with Gasteiger partial charge in [0, 0.05) is 6.42 Å². The fraction of sp³-hybridized carbons (Fsp3) is 1.00. The van der Waals surface area contributed by atoms with Gasteiger partial charge in [0.2, 0.25) is 0 Å². The SMILES string of the molecule is CCCCC(N=O)(N=O)C(N)C(N)(N)N. The fourth-order valence-electron chi connectivity index (χ4n) is 1.21. The van der Waals surface area contributed by atoms with E-state index in [1.54, 1.807) is 0 Å². The van der Waals surface area contributed by atoms with Gasteiger partial charge in [0.15, 0.2) is 0 Å².